The molecule has 1 aromatic carbocycles. The third kappa shape index (κ3) is 4.07. The van der Waals surface area contributed by atoms with Gasteiger partial charge in [0.25, 0.3) is 0 Å². The monoisotopic (exact) mass is 481 g/mol. The molecule has 0 saturated heterocycles. The van der Waals surface area contributed by atoms with Crippen LogP contribution in [0, 0.1) is 0 Å². The van der Waals surface area contributed by atoms with Gasteiger partial charge in [0.15, 0.2) is 0 Å². The maximum absolute atomic E-state index is 5.25. The minimum atomic E-state index is 0.275. The van der Waals surface area contributed by atoms with Gasteiger partial charge in [0.2, 0.25) is 0 Å². The van der Waals surface area contributed by atoms with Gasteiger partial charge in [-0.25, -0.2) is 0 Å². The average Bonchev–Trinajstić information content (AvgIpc) is 2.75. The van der Waals surface area contributed by atoms with Crippen molar-refractivity contribution in [3.63, 3.8) is 0 Å². The fourth-order valence-corrected chi connectivity index (χ4v) is 4.49. The molecule has 0 fully saturated rings. The minimum Gasteiger partial charge on any atom is -0.496 e. The number of hydrogen-bond acceptors (Lipinski definition) is 3. The van der Waals surface area contributed by atoms with Crippen molar-refractivity contribution in [2.75, 3.05) is 7.11 Å². The molecule has 2 rings (SSSR count). The molecule has 6 heteroatoms. The Labute approximate surface area is 148 Å². The van der Waals surface area contributed by atoms with Crippen molar-refractivity contribution in [1.29, 1.82) is 0 Å². The third-order valence-corrected chi connectivity index (χ3v) is 6.83. The second kappa shape index (κ2) is 7.40. The Morgan fingerprint density at radius 3 is 2.50 bits per heavy atom. The van der Waals surface area contributed by atoms with E-state index >= 15 is 0 Å². The molecule has 108 valence electrons. The predicted octanol–water partition coefficient (Wildman–Crippen LogP) is 5.90. The molecule has 20 heavy (non-hydrogen) atoms. The molecule has 0 bridgehead atoms. The summed E-state index contributed by atoms with van der Waals surface area (Å²) in [6, 6.07) is 8.57. The number of nitrogens with one attached hydrogen (secondary N) is 1. The topological polar surface area (TPSA) is 21.3 Å². The third-order valence-electron chi connectivity index (χ3n) is 2.95. The summed E-state index contributed by atoms with van der Waals surface area (Å²) in [6.45, 7) is 3.01. The minimum absolute atomic E-state index is 0.275. The molecule has 0 aliphatic rings. The van der Waals surface area contributed by atoms with Gasteiger partial charge in [0, 0.05) is 21.9 Å². The molecule has 0 aliphatic carbocycles. The Morgan fingerprint density at radius 1 is 1.20 bits per heavy atom. The van der Waals surface area contributed by atoms with Crippen LogP contribution in [0.3, 0.4) is 0 Å². The Hall–Kier alpha value is 0.120. The van der Waals surface area contributed by atoms with Gasteiger partial charge in [-0.15, -0.1) is 11.3 Å². The van der Waals surface area contributed by atoms with Gasteiger partial charge < -0.3 is 10.1 Å². The lowest BCUT2D eigenvalue weighted by Gasteiger charge is -2.15. The maximum atomic E-state index is 5.25. The summed E-state index contributed by atoms with van der Waals surface area (Å²) < 4.78 is 8.47. The van der Waals surface area contributed by atoms with Crippen LogP contribution < -0.4 is 10.1 Å². The van der Waals surface area contributed by atoms with Crippen molar-refractivity contribution in [2.24, 2.45) is 0 Å². The van der Waals surface area contributed by atoms with E-state index in [0.717, 1.165) is 25.0 Å². The first-order valence-electron chi connectivity index (χ1n) is 6.01. The number of thiophene rings is 1. The Bertz CT molecular complexity index is 581. The van der Waals surface area contributed by atoms with Crippen LogP contribution in [-0.2, 0) is 6.54 Å². The zero-order valence-electron chi connectivity index (χ0n) is 11.0. The molecule has 0 amide bonds. The second-order valence-electron chi connectivity index (χ2n) is 4.33. The molecule has 1 unspecified atom stereocenters. The van der Waals surface area contributed by atoms with E-state index in [1.165, 1.54) is 10.4 Å². The lowest BCUT2D eigenvalue weighted by atomic mass is 10.1. The molecule has 2 nitrogen and oxygen atoms in total. The van der Waals surface area contributed by atoms with Crippen LogP contribution in [0.1, 0.15) is 23.4 Å². The van der Waals surface area contributed by atoms with E-state index in [2.05, 4.69) is 78.2 Å². The van der Waals surface area contributed by atoms with Crippen molar-refractivity contribution in [3.05, 3.63) is 47.4 Å². The number of rotatable bonds is 5. The molecule has 1 N–H and O–H groups in total. The van der Waals surface area contributed by atoms with Gasteiger partial charge in [-0.3, -0.25) is 0 Å². The van der Waals surface area contributed by atoms with Gasteiger partial charge in [0.1, 0.15) is 5.75 Å². The zero-order chi connectivity index (χ0) is 14.7. The Morgan fingerprint density at radius 2 is 1.95 bits per heavy atom. The first kappa shape index (κ1) is 16.5. The van der Waals surface area contributed by atoms with Crippen molar-refractivity contribution in [2.45, 2.75) is 19.5 Å². The fourth-order valence-electron chi connectivity index (χ4n) is 1.80. The maximum Gasteiger partial charge on any atom is 0.133 e. The summed E-state index contributed by atoms with van der Waals surface area (Å²) in [5.41, 5.74) is 1.23. The van der Waals surface area contributed by atoms with Gasteiger partial charge in [-0.1, -0.05) is 6.07 Å². The standard InChI is InChI=1S/C14H14Br3NOS/c1-8(9-3-4-13(19-2)11(15)5-9)18-7-10-6-12(16)14(17)20-10/h3-6,8,18H,7H2,1-2H3. The molecule has 1 heterocycles. The molecule has 0 radical (unpaired) electrons. The van der Waals surface area contributed by atoms with E-state index in [0.29, 0.717) is 0 Å². The molecular weight excluding hydrogens is 470 g/mol. The highest BCUT2D eigenvalue weighted by atomic mass is 79.9. The van der Waals surface area contributed by atoms with E-state index in [1.807, 2.05) is 6.07 Å². The lowest BCUT2D eigenvalue weighted by Crippen LogP contribution is -2.17. The highest BCUT2D eigenvalue weighted by Gasteiger charge is 2.10. The molecular formula is C14H14Br3NOS. The first-order chi connectivity index (χ1) is 9.51. The second-order valence-corrected chi connectivity index (χ2v) is 8.49. The summed E-state index contributed by atoms with van der Waals surface area (Å²) in [6.07, 6.45) is 0. The average molecular weight is 484 g/mol. The van der Waals surface area contributed by atoms with E-state index in [4.69, 9.17) is 4.74 Å². The number of benzene rings is 1. The lowest BCUT2D eigenvalue weighted by molar-refractivity contribution is 0.411. The molecule has 0 aliphatic heterocycles. The molecule has 0 spiro atoms. The smallest absolute Gasteiger partial charge is 0.133 e. The van der Waals surface area contributed by atoms with Gasteiger partial charge in [-0.2, -0.15) is 0 Å². The number of hydrogen-bond donors (Lipinski definition) is 1. The van der Waals surface area contributed by atoms with Crippen molar-refractivity contribution in [1.82, 2.24) is 5.32 Å². The summed E-state index contributed by atoms with van der Waals surface area (Å²) in [5.74, 6) is 0.854. The van der Waals surface area contributed by atoms with Crippen LogP contribution in [0.2, 0.25) is 0 Å². The van der Waals surface area contributed by atoms with E-state index in [1.54, 1.807) is 18.4 Å². The first-order valence-corrected chi connectivity index (χ1v) is 9.21. The zero-order valence-corrected chi connectivity index (χ0v) is 16.6. The summed E-state index contributed by atoms with van der Waals surface area (Å²) in [4.78, 5) is 1.29. The van der Waals surface area contributed by atoms with Gasteiger partial charge >= 0.3 is 0 Å². The van der Waals surface area contributed by atoms with Crippen LogP contribution in [-0.4, -0.2) is 7.11 Å². The largest absolute Gasteiger partial charge is 0.496 e. The predicted molar refractivity (Wildman–Crippen MR) is 95.7 cm³/mol. The molecule has 2 aromatic rings. The molecule has 0 saturated carbocycles. The SMILES string of the molecule is COc1ccc(C(C)NCc2cc(Br)c(Br)s2)cc1Br. The van der Waals surface area contributed by atoms with Crippen molar-refractivity contribution in [3.8, 4) is 5.75 Å². The molecule has 1 atom stereocenters. The number of halogens is 3. The van der Waals surface area contributed by atoms with Crippen LogP contribution in [0.25, 0.3) is 0 Å². The quantitative estimate of drug-likeness (QED) is 0.572. The number of methoxy groups -OCH3 is 1. The highest BCUT2D eigenvalue weighted by molar-refractivity contribution is 9.13. The van der Waals surface area contributed by atoms with Crippen LogP contribution in [0.5, 0.6) is 5.75 Å². The van der Waals surface area contributed by atoms with E-state index in [9.17, 15) is 0 Å². The van der Waals surface area contributed by atoms with Gasteiger partial charge in [0.05, 0.1) is 15.4 Å². The van der Waals surface area contributed by atoms with Crippen LogP contribution in [0.4, 0.5) is 0 Å². The normalized spacial score (nSPS) is 12.4. The Kier molecular flexibility index (Phi) is 6.10. The number of ether oxygens (including phenoxy) is 1. The fraction of sp³-hybridized carbons (Fsp3) is 0.286. The summed E-state index contributed by atoms with van der Waals surface area (Å²) in [7, 11) is 1.67. The van der Waals surface area contributed by atoms with E-state index in [-0.39, 0.29) is 6.04 Å². The molecule has 1 aromatic heterocycles. The van der Waals surface area contributed by atoms with Crippen LogP contribution >= 0.6 is 59.1 Å². The van der Waals surface area contributed by atoms with Gasteiger partial charge in [-0.05, 0) is 78.5 Å². The van der Waals surface area contributed by atoms with E-state index < -0.39 is 0 Å². The van der Waals surface area contributed by atoms with Crippen molar-refractivity contribution < 1.29 is 4.74 Å². The van der Waals surface area contributed by atoms with Crippen molar-refractivity contribution >= 4 is 59.1 Å². The summed E-state index contributed by atoms with van der Waals surface area (Å²) >= 11 is 12.3. The Balaban J connectivity index is 2.01. The highest BCUT2D eigenvalue weighted by Crippen LogP contribution is 2.33. The van der Waals surface area contributed by atoms with Crippen LogP contribution in [0.15, 0.2) is 37.0 Å². The summed E-state index contributed by atoms with van der Waals surface area (Å²) in [5, 5.41) is 3.53.